The van der Waals surface area contributed by atoms with Crippen LogP contribution in [0.4, 0.5) is 0 Å². The van der Waals surface area contributed by atoms with Crippen molar-refractivity contribution >= 4 is 27.7 Å². The monoisotopic (exact) mass is 368 g/mol. The van der Waals surface area contributed by atoms with Crippen molar-refractivity contribution in [2.45, 2.75) is 45.4 Å². The third-order valence-electron chi connectivity index (χ3n) is 3.34. The smallest absolute Gasteiger partial charge is 0.147 e. The molecule has 0 saturated heterocycles. The quantitative estimate of drug-likeness (QED) is 0.531. The van der Waals surface area contributed by atoms with Crippen molar-refractivity contribution in [3.63, 3.8) is 0 Å². The molecule has 1 heterocycles. The molecule has 2 rings (SSSR count). The van der Waals surface area contributed by atoms with Crippen molar-refractivity contribution in [1.82, 2.24) is 8.75 Å². The molecule has 1 aromatic heterocycles. The van der Waals surface area contributed by atoms with E-state index in [9.17, 15) is 0 Å². The molecule has 2 aromatic rings. The van der Waals surface area contributed by atoms with Crippen molar-refractivity contribution in [2.24, 2.45) is 0 Å². The maximum atomic E-state index is 5.77. The predicted molar refractivity (Wildman–Crippen MR) is 91.9 cm³/mol. The Morgan fingerprint density at radius 3 is 2.38 bits per heavy atom. The molecule has 0 saturated carbocycles. The lowest BCUT2D eigenvalue weighted by Gasteiger charge is -2.06. The summed E-state index contributed by atoms with van der Waals surface area (Å²) in [7, 11) is 0. The van der Waals surface area contributed by atoms with Gasteiger partial charge in [-0.25, -0.2) is 0 Å². The fourth-order valence-corrected chi connectivity index (χ4v) is 3.23. The Balaban J connectivity index is 1.72. The lowest BCUT2D eigenvalue weighted by molar-refractivity contribution is 0.304. The first-order valence-corrected chi connectivity index (χ1v) is 9.05. The van der Waals surface area contributed by atoms with Crippen molar-refractivity contribution in [1.29, 1.82) is 0 Å². The summed E-state index contributed by atoms with van der Waals surface area (Å²) < 4.78 is 15.0. The van der Waals surface area contributed by atoms with E-state index in [1.54, 1.807) is 0 Å². The van der Waals surface area contributed by atoms with E-state index in [1.807, 2.05) is 24.3 Å². The molecule has 21 heavy (non-hydrogen) atoms. The number of hydrogen-bond acceptors (Lipinski definition) is 4. The van der Waals surface area contributed by atoms with Crippen molar-refractivity contribution in [3.8, 4) is 17.0 Å². The van der Waals surface area contributed by atoms with Gasteiger partial charge in [0.1, 0.15) is 16.0 Å². The highest BCUT2D eigenvalue weighted by molar-refractivity contribution is 9.10. The second-order valence-electron chi connectivity index (χ2n) is 5.04. The van der Waals surface area contributed by atoms with Gasteiger partial charge in [-0.3, -0.25) is 0 Å². The average Bonchev–Trinajstić information content (AvgIpc) is 2.93. The lowest BCUT2D eigenvalue weighted by atomic mass is 10.1. The molecule has 1 aromatic carbocycles. The molecule has 0 aliphatic carbocycles. The number of unbranched alkanes of at least 4 members (excludes halogenated alkanes) is 5. The standard InChI is InChI=1S/C16H21BrN2OS/c1-2-3-4-5-6-7-12-20-14-10-8-13(9-11-14)15-16(17)19-21-18-15/h8-11H,2-7,12H2,1H3. The molecule has 0 spiro atoms. The summed E-state index contributed by atoms with van der Waals surface area (Å²) in [6.07, 6.45) is 7.71. The number of nitrogens with zero attached hydrogens (tertiary/aromatic N) is 2. The highest BCUT2D eigenvalue weighted by atomic mass is 79.9. The zero-order valence-corrected chi connectivity index (χ0v) is 14.8. The van der Waals surface area contributed by atoms with Crippen molar-refractivity contribution < 1.29 is 4.74 Å². The topological polar surface area (TPSA) is 35.0 Å². The van der Waals surface area contributed by atoms with Crippen LogP contribution in [0.3, 0.4) is 0 Å². The molecule has 0 unspecified atom stereocenters. The summed E-state index contributed by atoms with van der Waals surface area (Å²) in [5, 5.41) is 0. The molecule has 0 N–H and O–H groups in total. The first-order chi connectivity index (χ1) is 10.3. The fraction of sp³-hybridized carbons (Fsp3) is 0.500. The number of ether oxygens (including phenoxy) is 1. The maximum Gasteiger partial charge on any atom is 0.147 e. The molecular formula is C16H21BrN2OS. The Hall–Kier alpha value is -0.940. The van der Waals surface area contributed by atoms with Crippen LogP contribution in [0.1, 0.15) is 45.4 Å². The average molecular weight is 369 g/mol. The summed E-state index contributed by atoms with van der Waals surface area (Å²) in [4.78, 5) is 0. The highest BCUT2D eigenvalue weighted by Gasteiger charge is 2.07. The summed E-state index contributed by atoms with van der Waals surface area (Å²) in [6, 6.07) is 8.05. The lowest BCUT2D eigenvalue weighted by Crippen LogP contribution is -1.97. The minimum absolute atomic E-state index is 0.799. The van der Waals surface area contributed by atoms with Crippen LogP contribution < -0.4 is 4.74 Å². The first kappa shape index (κ1) is 16.4. The van der Waals surface area contributed by atoms with E-state index in [1.165, 1.54) is 43.8 Å². The number of hydrogen-bond donors (Lipinski definition) is 0. The molecule has 0 aliphatic heterocycles. The minimum Gasteiger partial charge on any atom is -0.494 e. The van der Waals surface area contributed by atoms with Crippen LogP contribution >= 0.6 is 27.7 Å². The molecule has 5 heteroatoms. The van der Waals surface area contributed by atoms with Gasteiger partial charge in [0.05, 0.1) is 18.3 Å². The highest BCUT2D eigenvalue weighted by Crippen LogP contribution is 2.27. The minimum atomic E-state index is 0.799. The van der Waals surface area contributed by atoms with Crippen LogP contribution in [0.5, 0.6) is 5.75 Å². The SMILES string of the molecule is CCCCCCCCOc1ccc(-c2nsnc2Br)cc1. The normalized spacial score (nSPS) is 10.8. The van der Waals surface area contributed by atoms with E-state index in [-0.39, 0.29) is 0 Å². The largest absolute Gasteiger partial charge is 0.494 e. The molecule has 0 aliphatic rings. The van der Waals surface area contributed by atoms with Crippen LogP contribution in [0, 0.1) is 0 Å². The Morgan fingerprint density at radius 2 is 1.71 bits per heavy atom. The van der Waals surface area contributed by atoms with Gasteiger partial charge in [-0.2, -0.15) is 8.75 Å². The molecule has 0 radical (unpaired) electrons. The van der Waals surface area contributed by atoms with Gasteiger partial charge in [0.25, 0.3) is 0 Å². The van der Waals surface area contributed by atoms with E-state index in [0.29, 0.717) is 0 Å². The molecule has 0 fully saturated rings. The number of benzene rings is 1. The van der Waals surface area contributed by atoms with E-state index < -0.39 is 0 Å². The summed E-state index contributed by atoms with van der Waals surface area (Å²) in [5.74, 6) is 0.923. The van der Waals surface area contributed by atoms with Crippen LogP contribution in [0.15, 0.2) is 28.9 Å². The van der Waals surface area contributed by atoms with Gasteiger partial charge in [0, 0.05) is 5.56 Å². The van der Waals surface area contributed by atoms with Gasteiger partial charge < -0.3 is 4.74 Å². The van der Waals surface area contributed by atoms with E-state index in [2.05, 4.69) is 31.6 Å². The van der Waals surface area contributed by atoms with Crippen LogP contribution in [-0.4, -0.2) is 15.4 Å². The molecule has 3 nitrogen and oxygen atoms in total. The maximum absolute atomic E-state index is 5.77. The molecule has 114 valence electrons. The number of aromatic nitrogens is 2. The zero-order valence-electron chi connectivity index (χ0n) is 12.3. The molecular weight excluding hydrogens is 348 g/mol. The second kappa shape index (κ2) is 9.15. The number of rotatable bonds is 9. The summed E-state index contributed by atoms with van der Waals surface area (Å²) in [5.41, 5.74) is 1.95. The third-order valence-corrected chi connectivity index (χ3v) is 4.66. The Morgan fingerprint density at radius 1 is 1.00 bits per heavy atom. The Labute approximate surface area is 139 Å². The Bertz CT molecular complexity index is 527. The summed E-state index contributed by atoms with van der Waals surface area (Å²) in [6.45, 7) is 3.04. The second-order valence-corrected chi connectivity index (χ2v) is 6.32. The Kier molecular flexibility index (Phi) is 7.16. The first-order valence-electron chi connectivity index (χ1n) is 7.52. The van der Waals surface area contributed by atoms with Crippen molar-refractivity contribution in [2.75, 3.05) is 6.61 Å². The van der Waals surface area contributed by atoms with Gasteiger partial charge >= 0.3 is 0 Å². The zero-order chi connectivity index (χ0) is 14.9. The molecule has 0 amide bonds. The summed E-state index contributed by atoms with van der Waals surface area (Å²) >= 11 is 4.62. The van der Waals surface area contributed by atoms with Gasteiger partial charge in [-0.1, -0.05) is 39.0 Å². The van der Waals surface area contributed by atoms with Gasteiger partial charge in [-0.15, -0.1) is 0 Å². The van der Waals surface area contributed by atoms with E-state index >= 15 is 0 Å². The van der Waals surface area contributed by atoms with Gasteiger partial charge in [0.15, 0.2) is 0 Å². The van der Waals surface area contributed by atoms with Gasteiger partial charge in [-0.05, 0) is 46.6 Å². The van der Waals surface area contributed by atoms with Crippen LogP contribution in [0.2, 0.25) is 0 Å². The molecule has 0 bridgehead atoms. The fourth-order valence-electron chi connectivity index (χ4n) is 2.13. The van der Waals surface area contributed by atoms with E-state index in [4.69, 9.17) is 4.74 Å². The van der Waals surface area contributed by atoms with Crippen LogP contribution in [-0.2, 0) is 0 Å². The van der Waals surface area contributed by atoms with Gasteiger partial charge in [0.2, 0.25) is 0 Å². The molecule has 0 atom stereocenters. The predicted octanol–water partition coefficient (Wildman–Crippen LogP) is 5.71. The number of halogens is 1. The van der Waals surface area contributed by atoms with E-state index in [0.717, 1.165) is 34.6 Å². The van der Waals surface area contributed by atoms with Crippen molar-refractivity contribution in [3.05, 3.63) is 28.9 Å². The third kappa shape index (κ3) is 5.40. The van der Waals surface area contributed by atoms with Crippen LogP contribution in [0.25, 0.3) is 11.3 Å².